The van der Waals surface area contributed by atoms with Crippen molar-refractivity contribution in [2.45, 2.75) is 13.8 Å². The Labute approximate surface area is 142 Å². The van der Waals surface area contributed by atoms with Crippen molar-refractivity contribution in [2.24, 2.45) is 0 Å². The molecule has 0 N–H and O–H groups in total. The Kier molecular flexibility index (Phi) is 5.64. The Bertz CT molecular complexity index is 758. The lowest BCUT2D eigenvalue weighted by Gasteiger charge is -2.15. The number of carbonyl (C=O) groups excluding carboxylic acids is 1. The van der Waals surface area contributed by atoms with Gasteiger partial charge in [-0.05, 0) is 48.7 Å². The molecule has 0 bridgehead atoms. The summed E-state index contributed by atoms with van der Waals surface area (Å²) in [7, 11) is 4.69. The predicted molar refractivity (Wildman–Crippen MR) is 95.7 cm³/mol. The first kappa shape index (κ1) is 17.6. The van der Waals surface area contributed by atoms with Crippen molar-refractivity contribution in [3.05, 3.63) is 58.1 Å². The number of carbonyl (C=O) groups is 1. The molecule has 0 spiro atoms. The first-order valence-electron chi connectivity index (χ1n) is 7.60. The number of hydrogen-bond donors (Lipinski definition) is 0. The summed E-state index contributed by atoms with van der Waals surface area (Å²) >= 11 is 0. The van der Waals surface area contributed by atoms with Gasteiger partial charge in [0.05, 0.1) is 26.9 Å². The van der Waals surface area contributed by atoms with Crippen LogP contribution in [0.5, 0.6) is 11.5 Å². The van der Waals surface area contributed by atoms with Gasteiger partial charge < -0.3 is 14.2 Å². The van der Waals surface area contributed by atoms with Gasteiger partial charge in [-0.1, -0.05) is 24.3 Å². The van der Waals surface area contributed by atoms with Gasteiger partial charge in [0.2, 0.25) is 0 Å². The van der Waals surface area contributed by atoms with Crippen molar-refractivity contribution in [3.8, 4) is 11.5 Å². The molecule has 4 heteroatoms. The molecule has 0 aromatic heterocycles. The summed E-state index contributed by atoms with van der Waals surface area (Å²) in [6, 6.07) is 9.18. The van der Waals surface area contributed by atoms with E-state index in [0.717, 1.165) is 33.8 Å². The number of rotatable bonds is 5. The molecule has 24 heavy (non-hydrogen) atoms. The molecule has 0 unspecified atom stereocenters. The largest absolute Gasteiger partial charge is 0.496 e. The summed E-state index contributed by atoms with van der Waals surface area (Å²) in [5.74, 6) is 1.32. The van der Waals surface area contributed by atoms with E-state index in [1.807, 2.05) is 44.2 Å². The Morgan fingerprint density at radius 3 is 2.12 bits per heavy atom. The molecule has 0 fully saturated rings. The third kappa shape index (κ3) is 3.59. The highest BCUT2D eigenvalue weighted by Crippen LogP contribution is 2.34. The molecule has 2 aromatic rings. The number of benzene rings is 2. The number of methoxy groups -OCH3 is 3. The lowest BCUT2D eigenvalue weighted by atomic mass is 10.0. The number of hydrogen-bond acceptors (Lipinski definition) is 4. The van der Waals surface area contributed by atoms with Gasteiger partial charge in [-0.25, -0.2) is 4.79 Å². The molecule has 0 amide bonds. The van der Waals surface area contributed by atoms with Crippen LogP contribution in [0.15, 0.2) is 30.3 Å². The average Bonchev–Trinajstić information content (AvgIpc) is 2.62. The smallest absolute Gasteiger partial charge is 0.337 e. The topological polar surface area (TPSA) is 44.8 Å². The SMILES string of the molecule is COC(=O)c1ccc(/C=C/c2cc(OC)c(C)c(C)c2OC)cc1. The van der Waals surface area contributed by atoms with Crippen molar-refractivity contribution in [1.82, 2.24) is 0 Å². The van der Waals surface area contributed by atoms with E-state index >= 15 is 0 Å². The summed E-state index contributed by atoms with van der Waals surface area (Å²) in [6.45, 7) is 4.02. The molecule has 0 heterocycles. The molecule has 2 rings (SSSR count). The predicted octanol–water partition coefficient (Wildman–Crippen LogP) is 4.28. The Hall–Kier alpha value is -2.75. The summed E-state index contributed by atoms with van der Waals surface area (Å²) < 4.78 is 15.7. The highest BCUT2D eigenvalue weighted by molar-refractivity contribution is 5.89. The van der Waals surface area contributed by atoms with Crippen LogP contribution < -0.4 is 9.47 Å². The van der Waals surface area contributed by atoms with Crippen LogP contribution in [0.25, 0.3) is 12.2 Å². The third-order valence-corrected chi connectivity index (χ3v) is 4.03. The van der Waals surface area contributed by atoms with Gasteiger partial charge in [-0.15, -0.1) is 0 Å². The first-order chi connectivity index (χ1) is 11.5. The molecule has 0 aliphatic rings. The molecule has 0 aliphatic heterocycles. The van der Waals surface area contributed by atoms with E-state index in [0.29, 0.717) is 5.56 Å². The van der Waals surface area contributed by atoms with E-state index in [9.17, 15) is 4.79 Å². The van der Waals surface area contributed by atoms with Crippen molar-refractivity contribution in [1.29, 1.82) is 0 Å². The van der Waals surface area contributed by atoms with Gasteiger partial charge in [0.25, 0.3) is 0 Å². The van der Waals surface area contributed by atoms with E-state index in [1.54, 1.807) is 26.4 Å². The maximum atomic E-state index is 11.5. The summed E-state index contributed by atoms with van der Waals surface area (Å²) in [4.78, 5) is 11.5. The second-order valence-corrected chi connectivity index (χ2v) is 5.40. The average molecular weight is 326 g/mol. The van der Waals surface area contributed by atoms with Gasteiger partial charge in [-0.2, -0.15) is 0 Å². The van der Waals surface area contributed by atoms with Crippen LogP contribution >= 0.6 is 0 Å². The molecular formula is C20H22O4. The highest BCUT2D eigenvalue weighted by atomic mass is 16.5. The summed E-state index contributed by atoms with van der Waals surface area (Å²) in [5.41, 5.74) is 4.56. The molecule has 0 saturated heterocycles. The molecule has 2 aromatic carbocycles. The highest BCUT2D eigenvalue weighted by Gasteiger charge is 2.12. The van der Waals surface area contributed by atoms with E-state index in [1.165, 1.54) is 7.11 Å². The van der Waals surface area contributed by atoms with Crippen LogP contribution in [0, 0.1) is 13.8 Å². The fraction of sp³-hybridized carbons (Fsp3) is 0.250. The Balaban J connectivity index is 2.34. The minimum atomic E-state index is -0.342. The lowest BCUT2D eigenvalue weighted by molar-refractivity contribution is 0.0600. The molecule has 0 saturated carbocycles. The standard InChI is InChI=1S/C20H22O4/c1-13-14(2)19(23-4)17(12-18(13)22-3)11-8-15-6-9-16(10-7-15)20(21)24-5/h6-12H,1-5H3/b11-8+. The van der Waals surface area contributed by atoms with Gasteiger partial charge in [-0.3, -0.25) is 0 Å². The zero-order valence-corrected chi connectivity index (χ0v) is 14.7. The third-order valence-electron chi connectivity index (χ3n) is 4.03. The molecular weight excluding hydrogens is 304 g/mol. The zero-order chi connectivity index (χ0) is 17.7. The fourth-order valence-electron chi connectivity index (χ4n) is 2.53. The van der Waals surface area contributed by atoms with Crippen molar-refractivity contribution in [3.63, 3.8) is 0 Å². The van der Waals surface area contributed by atoms with Crippen LogP contribution in [0.2, 0.25) is 0 Å². The fourth-order valence-corrected chi connectivity index (χ4v) is 2.53. The second-order valence-electron chi connectivity index (χ2n) is 5.40. The zero-order valence-electron chi connectivity index (χ0n) is 14.7. The number of ether oxygens (including phenoxy) is 3. The van der Waals surface area contributed by atoms with Gasteiger partial charge in [0, 0.05) is 5.56 Å². The van der Waals surface area contributed by atoms with Crippen LogP contribution in [-0.4, -0.2) is 27.3 Å². The van der Waals surface area contributed by atoms with Gasteiger partial charge in [0.1, 0.15) is 11.5 Å². The van der Waals surface area contributed by atoms with E-state index in [2.05, 4.69) is 0 Å². The van der Waals surface area contributed by atoms with Crippen molar-refractivity contribution in [2.75, 3.05) is 21.3 Å². The summed E-state index contributed by atoms with van der Waals surface area (Å²) in [5, 5.41) is 0. The van der Waals surface area contributed by atoms with E-state index in [4.69, 9.17) is 14.2 Å². The van der Waals surface area contributed by atoms with Crippen molar-refractivity contribution < 1.29 is 19.0 Å². The van der Waals surface area contributed by atoms with Crippen LogP contribution in [-0.2, 0) is 4.74 Å². The Morgan fingerprint density at radius 1 is 0.917 bits per heavy atom. The quantitative estimate of drug-likeness (QED) is 0.608. The minimum Gasteiger partial charge on any atom is -0.496 e. The molecule has 4 nitrogen and oxygen atoms in total. The monoisotopic (exact) mass is 326 g/mol. The maximum absolute atomic E-state index is 11.5. The van der Waals surface area contributed by atoms with E-state index in [-0.39, 0.29) is 5.97 Å². The number of esters is 1. The van der Waals surface area contributed by atoms with Gasteiger partial charge >= 0.3 is 5.97 Å². The van der Waals surface area contributed by atoms with Crippen LogP contribution in [0.3, 0.4) is 0 Å². The second kappa shape index (κ2) is 7.68. The van der Waals surface area contributed by atoms with Crippen LogP contribution in [0.4, 0.5) is 0 Å². The van der Waals surface area contributed by atoms with Crippen molar-refractivity contribution >= 4 is 18.1 Å². The lowest BCUT2D eigenvalue weighted by Crippen LogP contribution is -2.00. The molecule has 0 aliphatic carbocycles. The molecule has 126 valence electrons. The van der Waals surface area contributed by atoms with Gasteiger partial charge in [0.15, 0.2) is 0 Å². The molecule has 0 radical (unpaired) electrons. The van der Waals surface area contributed by atoms with E-state index < -0.39 is 0 Å². The summed E-state index contributed by atoms with van der Waals surface area (Å²) in [6.07, 6.45) is 3.94. The Morgan fingerprint density at radius 2 is 1.58 bits per heavy atom. The first-order valence-corrected chi connectivity index (χ1v) is 7.60. The maximum Gasteiger partial charge on any atom is 0.337 e. The minimum absolute atomic E-state index is 0.342. The normalized spacial score (nSPS) is 10.7. The molecule has 0 atom stereocenters. The van der Waals surface area contributed by atoms with Crippen LogP contribution in [0.1, 0.15) is 32.6 Å².